The van der Waals surface area contributed by atoms with Gasteiger partial charge in [0.15, 0.2) is 0 Å². The third kappa shape index (κ3) is 7.21. The highest BCUT2D eigenvalue weighted by atomic mass is 16.5. The quantitative estimate of drug-likeness (QED) is 0.579. The first-order valence-electron chi connectivity index (χ1n) is 9.55. The zero-order valence-corrected chi connectivity index (χ0v) is 17.4. The molecule has 0 spiro atoms. The van der Waals surface area contributed by atoms with E-state index in [4.69, 9.17) is 4.74 Å². The van der Waals surface area contributed by atoms with Gasteiger partial charge in [-0.05, 0) is 48.5 Å². The summed E-state index contributed by atoms with van der Waals surface area (Å²) >= 11 is 0. The molecule has 0 radical (unpaired) electrons. The van der Waals surface area contributed by atoms with Gasteiger partial charge >= 0.3 is 5.97 Å². The Labute approximate surface area is 176 Å². The highest BCUT2D eigenvalue weighted by Gasteiger charge is 2.13. The van der Waals surface area contributed by atoms with Gasteiger partial charge in [-0.3, -0.25) is 14.5 Å². The van der Waals surface area contributed by atoms with Crippen molar-refractivity contribution in [1.82, 2.24) is 10.2 Å². The summed E-state index contributed by atoms with van der Waals surface area (Å²) in [5.74, 6) is -0.0868. The van der Waals surface area contributed by atoms with Gasteiger partial charge in [-0.1, -0.05) is 19.1 Å². The lowest BCUT2D eigenvalue weighted by molar-refractivity contribution is -0.123. The number of carbonyl (C=O) groups is 3. The Morgan fingerprint density at radius 1 is 0.900 bits per heavy atom. The summed E-state index contributed by atoms with van der Waals surface area (Å²) in [6, 6.07) is 13.8. The molecule has 2 N–H and O–H groups in total. The van der Waals surface area contributed by atoms with Gasteiger partial charge in [-0.2, -0.15) is 0 Å². The number of carbonyl (C=O) groups excluding carboxylic acids is 3. The first-order valence-corrected chi connectivity index (χ1v) is 9.55. The van der Waals surface area contributed by atoms with Gasteiger partial charge < -0.3 is 20.1 Å². The molecule has 0 saturated heterocycles. The lowest BCUT2D eigenvalue weighted by atomic mass is 10.1. The number of benzene rings is 2. The molecule has 8 heteroatoms. The van der Waals surface area contributed by atoms with Crippen LogP contribution in [0.1, 0.15) is 22.8 Å². The highest BCUT2D eigenvalue weighted by Crippen LogP contribution is 2.14. The average molecular weight is 413 g/mol. The molecule has 30 heavy (non-hydrogen) atoms. The monoisotopic (exact) mass is 413 g/mol. The normalized spacial score (nSPS) is 10.4. The van der Waals surface area contributed by atoms with Gasteiger partial charge in [-0.25, -0.2) is 4.79 Å². The summed E-state index contributed by atoms with van der Waals surface area (Å²) in [5.41, 5.74) is 1.97. The molecule has 0 aliphatic rings. The average Bonchev–Trinajstić information content (AvgIpc) is 2.77. The third-order valence-corrected chi connectivity index (χ3v) is 4.42. The van der Waals surface area contributed by atoms with Crippen LogP contribution in [0.2, 0.25) is 0 Å². The number of hydrogen-bond donors (Lipinski definition) is 2. The molecular weight excluding hydrogens is 386 g/mol. The number of ether oxygens (including phenoxy) is 2. The Balaban J connectivity index is 1.79. The molecule has 2 aromatic rings. The number of anilines is 1. The Morgan fingerprint density at radius 3 is 2.10 bits per heavy atom. The van der Waals surface area contributed by atoms with Crippen molar-refractivity contribution in [2.75, 3.05) is 39.2 Å². The second-order valence-electron chi connectivity index (χ2n) is 6.55. The smallest absolute Gasteiger partial charge is 0.337 e. The van der Waals surface area contributed by atoms with E-state index in [2.05, 4.69) is 15.4 Å². The molecule has 0 aliphatic heterocycles. The number of nitrogens with zero attached hydrogens (tertiary/aromatic N) is 1. The summed E-state index contributed by atoms with van der Waals surface area (Å²) in [6.07, 6.45) is 0. The molecule has 0 aromatic heterocycles. The van der Waals surface area contributed by atoms with Gasteiger partial charge in [0, 0.05) is 12.2 Å². The molecule has 0 saturated carbocycles. The number of methoxy groups -OCH3 is 2. The van der Waals surface area contributed by atoms with Crippen LogP contribution in [0, 0.1) is 0 Å². The summed E-state index contributed by atoms with van der Waals surface area (Å²) in [5, 5.41) is 5.62. The zero-order chi connectivity index (χ0) is 21.9. The highest BCUT2D eigenvalue weighted by molar-refractivity contribution is 5.92. The third-order valence-electron chi connectivity index (χ3n) is 4.42. The number of nitrogens with one attached hydrogen (secondary N) is 2. The molecule has 0 aliphatic carbocycles. The first-order chi connectivity index (χ1) is 14.4. The summed E-state index contributed by atoms with van der Waals surface area (Å²) in [7, 11) is 2.91. The summed E-state index contributed by atoms with van der Waals surface area (Å²) in [4.78, 5) is 37.7. The first kappa shape index (κ1) is 22.9. The van der Waals surface area contributed by atoms with E-state index in [1.807, 2.05) is 6.92 Å². The number of amides is 2. The Bertz CT molecular complexity index is 850. The largest absolute Gasteiger partial charge is 0.497 e. The van der Waals surface area contributed by atoms with Crippen LogP contribution in [0.4, 0.5) is 5.69 Å². The maximum atomic E-state index is 12.3. The fourth-order valence-corrected chi connectivity index (χ4v) is 2.69. The van der Waals surface area contributed by atoms with Crippen LogP contribution in [0.3, 0.4) is 0 Å². The number of rotatable bonds is 10. The van der Waals surface area contributed by atoms with Gasteiger partial charge in [0.05, 0.1) is 32.9 Å². The Kier molecular flexibility index (Phi) is 8.83. The molecule has 0 bridgehead atoms. The molecule has 0 atom stereocenters. The second-order valence-corrected chi connectivity index (χ2v) is 6.55. The summed E-state index contributed by atoms with van der Waals surface area (Å²) < 4.78 is 9.75. The van der Waals surface area contributed by atoms with Crippen molar-refractivity contribution >= 4 is 23.5 Å². The molecule has 2 rings (SSSR count). The van der Waals surface area contributed by atoms with E-state index in [9.17, 15) is 14.4 Å². The number of esters is 1. The van der Waals surface area contributed by atoms with E-state index in [1.54, 1.807) is 60.5 Å². The van der Waals surface area contributed by atoms with Gasteiger partial charge in [0.1, 0.15) is 5.75 Å². The SMILES string of the molecule is CCN(CC(=O)NCc1ccc(C(=O)OC)cc1)CC(=O)Nc1ccc(OC)cc1. The standard InChI is InChI=1S/C22H27N3O5/c1-4-25(15-21(27)24-18-9-11-19(29-2)12-10-18)14-20(26)23-13-16-5-7-17(8-6-16)22(28)30-3/h5-12H,4,13-15H2,1-3H3,(H,23,26)(H,24,27). The Morgan fingerprint density at radius 2 is 1.53 bits per heavy atom. The molecular formula is C22H27N3O5. The van der Waals surface area contributed by atoms with Crippen LogP contribution >= 0.6 is 0 Å². The maximum absolute atomic E-state index is 12.3. The van der Waals surface area contributed by atoms with E-state index < -0.39 is 5.97 Å². The van der Waals surface area contributed by atoms with Crippen molar-refractivity contribution in [3.05, 3.63) is 59.7 Å². The van der Waals surface area contributed by atoms with Crippen LogP contribution in [-0.4, -0.2) is 56.5 Å². The van der Waals surface area contributed by atoms with Crippen LogP contribution in [-0.2, 0) is 20.9 Å². The van der Waals surface area contributed by atoms with E-state index >= 15 is 0 Å². The molecule has 160 valence electrons. The van der Waals surface area contributed by atoms with E-state index in [1.165, 1.54) is 7.11 Å². The van der Waals surface area contributed by atoms with E-state index in [-0.39, 0.29) is 24.9 Å². The van der Waals surface area contributed by atoms with Gasteiger partial charge in [0.25, 0.3) is 0 Å². The topological polar surface area (TPSA) is 97.0 Å². The molecule has 0 fully saturated rings. The van der Waals surface area contributed by atoms with Crippen molar-refractivity contribution in [3.8, 4) is 5.75 Å². The molecule has 2 aromatic carbocycles. The maximum Gasteiger partial charge on any atom is 0.337 e. The minimum absolute atomic E-state index is 0.101. The van der Waals surface area contributed by atoms with Crippen LogP contribution < -0.4 is 15.4 Å². The fraction of sp³-hybridized carbons (Fsp3) is 0.318. The number of hydrogen-bond acceptors (Lipinski definition) is 6. The molecule has 0 heterocycles. The molecule has 8 nitrogen and oxygen atoms in total. The van der Waals surface area contributed by atoms with Gasteiger partial charge in [0.2, 0.25) is 11.8 Å². The van der Waals surface area contributed by atoms with Crippen LogP contribution in [0.5, 0.6) is 5.75 Å². The number of likely N-dealkylation sites (N-methyl/N-ethyl adjacent to an activating group) is 1. The van der Waals surface area contributed by atoms with E-state index in [0.29, 0.717) is 30.1 Å². The zero-order valence-electron chi connectivity index (χ0n) is 17.4. The second kappa shape index (κ2) is 11.6. The predicted octanol–water partition coefficient (Wildman–Crippen LogP) is 2.06. The van der Waals surface area contributed by atoms with E-state index in [0.717, 1.165) is 5.56 Å². The predicted molar refractivity (Wildman–Crippen MR) is 113 cm³/mol. The lowest BCUT2D eigenvalue weighted by Crippen LogP contribution is -2.40. The van der Waals surface area contributed by atoms with Crippen molar-refractivity contribution in [2.45, 2.75) is 13.5 Å². The van der Waals surface area contributed by atoms with Crippen LogP contribution in [0.15, 0.2) is 48.5 Å². The van der Waals surface area contributed by atoms with Crippen molar-refractivity contribution in [3.63, 3.8) is 0 Å². The summed E-state index contributed by atoms with van der Waals surface area (Å²) in [6.45, 7) is 2.98. The van der Waals surface area contributed by atoms with Crippen LogP contribution in [0.25, 0.3) is 0 Å². The minimum Gasteiger partial charge on any atom is -0.497 e. The van der Waals surface area contributed by atoms with Crippen molar-refractivity contribution in [2.24, 2.45) is 0 Å². The van der Waals surface area contributed by atoms with Crippen molar-refractivity contribution in [1.29, 1.82) is 0 Å². The fourth-order valence-electron chi connectivity index (χ4n) is 2.69. The molecule has 2 amide bonds. The minimum atomic E-state index is -0.405. The lowest BCUT2D eigenvalue weighted by Gasteiger charge is -2.19. The molecule has 0 unspecified atom stereocenters. The van der Waals surface area contributed by atoms with Gasteiger partial charge in [-0.15, -0.1) is 0 Å². The van der Waals surface area contributed by atoms with Crippen molar-refractivity contribution < 1.29 is 23.9 Å². The Hall–Kier alpha value is -3.39.